The number of carbonyl (C=O) groups is 1. The Morgan fingerprint density at radius 1 is 1.26 bits per heavy atom. The maximum absolute atomic E-state index is 13.3. The van der Waals surface area contributed by atoms with E-state index in [9.17, 15) is 13.2 Å². The van der Waals surface area contributed by atoms with Gasteiger partial charge in [0.2, 0.25) is 15.0 Å². The van der Waals surface area contributed by atoms with Crippen LogP contribution in [0.5, 0.6) is 0 Å². The fraction of sp³-hybridized carbons (Fsp3) is 0.545. The molecule has 4 rings (SSSR count). The summed E-state index contributed by atoms with van der Waals surface area (Å²) >= 11 is 0. The molecule has 1 aromatic heterocycles. The minimum atomic E-state index is -3.66. The molecular weight excluding hydrogens is 416 g/mol. The summed E-state index contributed by atoms with van der Waals surface area (Å²) < 4.78 is 34.1. The number of nitrogens with one attached hydrogen (secondary N) is 1. The van der Waals surface area contributed by atoms with Crippen molar-refractivity contribution in [2.75, 3.05) is 13.2 Å². The van der Waals surface area contributed by atoms with Crippen LogP contribution in [-0.4, -0.2) is 54.2 Å². The Balaban J connectivity index is 1.63. The molecule has 1 aliphatic carbocycles. The van der Waals surface area contributed by atoms with E-state index in [1.807, 2.05) is 25.1 Å². The van der Waals surface area contributed by atoms with E-state index in [2.05, 4.69) is 10.3 Å². The van der Waals surface area contributed by atoms with Gasteiger partial charge in [0.25, 0.3) is 0 Å². The third-order valence-corrected chi connectivity index (χ3v) is 7.29. The smallest absolute Gasteiger partial charge is 0.317 e. The summed E-state index contributed by atoms with van der Waals surface area (Å²) in [5.41, 5.74) is 1.44. The molecule has 0 spiro atoms. The van der Waals surface area contributed by atoms with E-state index in [1.165, 1.54) is 0 Å². The standard InChI is InChI=1S/C22H30N4O4S/c1-2-23-21(27)25(18-10-11-18)14-19-13-24-22(26(19)15-20-9-6-12-30-20)31(28,29)16-17-7-4-3-5-8-17/h3-5,7-8,13,18,20H,2,6,9-12,14-16H2,1H3,(H,23,27). The Labute approximate surface area is 183 Å². The first-order chi connectivity index (χ1) is 15.0. The molecule has 0 bridgehead atoms. The molecule has 1 aromatic carbocycles. The molecule has 1 N–H and O–H groups in total. The van der Waals surface area contributed by atoms with Gasteiger partial charge in [-0.1, -0.05) is 30.3 Å². The first-order valence-corrected chi connectivity index (χ1v) is 12.6. The summed E-state index contributed by atoms with van der Waals surface area (Å²) in [7, 11) is -3.66. The number of nitrogens with zero attached hydrogens (tertiary/aromatic N) is 3. The van der Waals surface area contributed by atoms with Crippen LogP contribution >= 0.6 is 0 Å². The molecule has 31 heavy (non-hydrogen) atoms. The van der Waals surface area contributed by atoms with E-state index in [-0.39, 0.29) is 29.1 Å². The summed E-state index contributed by atoms with van der Waals surface area (Å²) in [5.74, 6) is -0.113. The summed E-state index contributed by atoms with van der Waals surface area (Å²) in [6.45, 7) is 3.88. The number of rotatable bonds is 9. The van der Waals surface area contributed by atoms with Crippen molar-refractivity contribution >= 4 is 15.9 Å². The molecule has 168 valence electrons. The van der Waals surface area contributed by atoms with Crippen molar-refractivity contribution in [3.05, 3.63) is 47.8 Å². The first-order valence-electron chi connectivity index (χ1n) is 10.9. The average Bonchev–Trinajstić information content (AvgIpc) is 3.29. The monoisotopic (exact) mass is 446 g/mol. The van der Waals surface area contributed by atoms with E-state index in [1.54, 1.807) is 27.8 Å². The molecule has 1 saturated carbocycles. The highest BCUT2D eigenvalue weighted by Gasteiger charge is 2.34. The first kappa shape index (κ1) is 21.8. The van der Waals surface area contributed by atoms with Crippen molar-refractivity contribution in [1.29, 1.82) is 0 Å². The minimum Gasteiger partial charge on any atom is -0.376 e. The molecular formula is C22H30N4O4S. The van der Waals surface area contributed by atoms with Crippen LogP contribution in [0, 0.1) is 0 Å². The maximum atomic E-state index is 13.3. The molecule has 2 heterocycles. The quantitative estimate of drug-likeness (QED) is 0.639. The van der Waals surface area contributed by atoms with Crippen LogP contribution in [0.2, 0.25) is 0 Å². The highest BCUT2D eigenvalue weighted by Crippen LogP contribution is 2.29. The number of hydrogen-bond acceptors (Lipinski definition) is 5. The van der Waals surface area contributed by atoms with E-state index in [0.29, 0.717) is 26.2 Å². The number of hydrogen-bond donors (Lipinski definition) is 1. The van der Waals surface area contributed by atoms with Crippen molar-refractivity contribution in [3.8, 4) is 0 Å². The Kier molecular flexibility index (Phi) is 6.62. The number of imidazole rings is 1. The Morgan fingerprint density at radius 3 is 2.68 bits per heavy atom. The van der Waals surface area contributed by atoms with Gasteiger partial charge in [0.15, 0.2) is 0 Å². The van der Waals surface area contributed by atoms with Gasteiger partial charge < -0.3 is 19.5 Å². The molecule has 9 heteroatoms. The van der Waals surface area contributed by atoms with Gasteiger partial charge in [-0.15, -0.1) is 0 Å². The number of amides is 2. The van der Waals surface area contributed by atoms with Crippen LogP contribution < -0.4 is 5.32 Å². The second-order valence-electron chi connectivity index (χ2n) is 8.22. The summed E-state index contributed by atoms with van der Waals surface area (Å²) in [5, 5.41) is 2.91. The van der Waals surface area contributed by atoms with Gasteiger partial charge in [-0.25, -0.2) is 18.2 Å². The molecule has 8 nitrogen and oxygen atoms in total. The lowest BCUT2D eigenvalue weighted by Gasteiger charge is -2.24. The highest BCUT2D eigenvalue weighted by atomic mass is 32.2. The van der Waals surface area contributed by atoms with Gasteiger partial charge in [0.05, 0.1) is 36.8 Å². The SMILES string of the molecule is CCNC(=O)N(Cc1cnc(S(=O)(=O)Cc2ccccc2)n1CC1CCCO1)C1CC1. The van der Waals surface area contributed by atoms with Crippen molar-refractivity contribution in [3.63, 3.8) is 0 Å². The van der Waals surface area contributed by atoms with Gasteiger partial charge in [-0.3, -0.25) is 0 Å². The van der Waals surface area contributed by atoms with E-state index in [4.69, 9.17) is 4.74 Å². The second kappa shape index (κ2) is 9.40. The van der Waals surface area contributed by atoms with E-state index in [0.717, 1.165) is 36.9 Å². The van der Waals surface area contributed by atoms with E-state index >= 15 is 0 Å². The van der Waals surface area contributed by atoms with Gasteiger partial charge in [-0.05, 0) is 38.2 Å². The van der Waals surface area contributed by atoms with Crippen molar-refractivity contribution in [1.82, 2.24) is 19.8 Å². The summed E-state index contributed by atoms with van der Waals surface area (Å²) in [6.07, 6.45) is 5.35. The largest absolute Gasteiger partial charge is 0.376 e. The number of carbonyl (C=O) groups excluding carboxylic acids is 1. The molecule has 2 fully saturated rings. The number of aromatic nitrogens is 2. The third-order valence-electron chi connectivity index (χ3n) is 5.70. The van der Waals surface area contributed by atoms with Gasteiger partial charge in [0.1, 0.15) is 0 Å². The van der Waals surface area contributed by atoms with Gasteiger partial charge in [-0.2, -0.15) is 0 Å². The lowest BCUT2D eigenvalue weighted by atomic mass is 10.2. The van der Waals surface area contributed by atoms with Crippen LogP contribution in [-0.2, 0) is 33.4 Å². The maximum Gasteiger partial charge on any atom is 0.317 e. The lowest BCUT2D eigenvalue weighted by molar-refractivity contribution is 0.0934. The normalized spacial score (nSPS) is 18.8. The molecule has 1 unspecified atom stereocenters. The van der Waals surface area contributed by atoms with Crippen LogP contribution in [0.1, 0.15) is 43.9 Å². The van der Waals surface area contributed by atoms with Gasteiger partial charge in [0, 0.05) is 19.2 Å². The number of sulfone groups is 1. The van der Waals surface area contributed by atoms with Crippen molar-refractivity contribution < 1.29 is 17.9 Å². The third kappa shape index (κ3) is 5.27. The molecule has 1 atom stereocenters. The minimum absolute atomic E-state index is 0.0440. The molecule has 2 aliphatic rings. The number of ether oxygens (including phenoxy) is 1. The van der Waals surface area contributed by atoms with E-state index < -0.39 is 9.84 Å². The average molecular weight is 447 g/mol. The summed E-state index contributed by atoms with van der Waals surface area (Å²) in [4.78, 5) is 18.7. The van der Waals surface area contributed by atoms with Crippen LogP contribution in [0.3, 0.4) is 0 Å². The van der Waals surface area contributed by atoms with Crippen LogP contribution in [0.25, 0.3) is 0 Å². The van der Waals surface area contributed by atoms with Crippen molar-refractivity contribution in [2.45, 2.75) is 68.8 Å². The lowest BCUT2D eigenvalue weighted by Crippen LogP contribution is -2.41. The summed E-state index contributed by atoms with van der Waals surface area (Å²) in [6, 6.07) is 9.20. The predicted octanol–water partition coefficient (Wildman–Crippen LogP) is 2.73. The molecule has 2 aromatic rings. The second-order valence-corrected chi connectivity index (χ2v) is 10.1. The topological polar surface area (TPSA) is 93.5 Å². The molecule has 1 saturated heterocycles. The molecule has 0 radical (unpaired) electrons. The fourth-order valence-corrected chi connectivity index (χ4v) is 5.49. The van der Waals surface area contributed by atoms with Gasteiger partial charge >= 0.3 is 6.03 Å². The number of urea groups is 1. The Hall–Kier alpha value is -2.39. The number of benzene rings is 1. The molecule has 1 aliphatic heterocycles. The fourth-order valence-electron chi connectivity index (χ4n) is 3.99. The zero-order valence-electron chi connectivity index (χ0n) is 17.9. The highest BCUT2D eigenvalue weighted by molar-refractivity contribution is 7.90. The predicted molar refractivity (Wildman–Crippen MR) is 116 cm³/mol. The zero-order chi connectivity index (χ0) is 21.8. The van der Waals surface area contributed by atoms with Crippen molar-refractivity contribution in [2.24, 2.45) is 0 Å². The van der Waals surface area contributed by atoms with Crippen LogP contribution in [0.4, 0.5) is 4.79 Å². The Bertz CT molecular complexity index is 996. The zero-order valence-corrected chi connectivity index (χ0v) is 18.7. The van der Waals surface area contributed by atoms with Crippen LogP contribution in [0.15, 0.2) is 41.7 Å². The Morgan fingerprint density at radius 2 is 2.03 bits per heavy atom. The molecule has 2 amide bonds.